The van der Waals surface area contributed by atoms with Crippen LogP contribution in [0.1, 0.15) is 61.1 Å². The lowest BCUT2D eigenvalue weighted by atomic mass is 9.92. The summed E-state index contributed by atoms with van der Waals surface area (Å²) >= 11 is 0. The Morgan fingerprint density at radius 3 is 2.85 bits per heavy atom. The molecular formula is C17H26N2O. The molecule has 2 N–H and O–H groups in total. The molecule has 0 saturated carbocycles. The molecule has 1 unspecified atom stereocenters. The van der Waals surface area contributed by atoms with Crippen molar-refractivity contribution in [3.05, 3.63) is 34.9 Å². The lowest BCUT2D eigenvalue weighted by Gasteiger charge is -2.23. The molecule has 0 aliphatic carbocycles. The molecule has 0 aromatic heterocycles. The number of benzene rings is 1. The van der Waals surface area contributed by atoms with E-state index < -0.39 is 0 Å². The molecule has 3 nitrogen and oxygen atoms in total. The number of hydrogen-bond donors (Lipinski definition) is 2. The van der Waals surface area contributed by atoms with Gasteiger partial charge in [-0.3, -0.25) is 4.79 Å². The summed E-state index contributed by atoms with van der Waals surface area (Å²) in [4.78, 5) is 12.1. The van der Waals surface area contributed by atoms with E-state index in [9.17, 15) is 4.79 Å². The van der Waals surface area contributed by atoms with Crippen molar-refractivity contribution in [1.29, 1.82) is 0 Å². The van der Waals surface area contributed by atoms with E-state index in [-0.39, 0.29) is 5.91 Å². The summed E-state index contributed by atoms with van der Waals surface area (Å²) in [6, 6.07) is 6.73. The minimum Gasteiger partial charge on any atom is -0.352 e. The van der Waals surface area contributed by atoms with Crippen LogP contribution >= 0.6 is 0 Å². The summed E-state index contributed by atoms with van der Waals surface area (Å²) in [5.41, 5.74) is 3.27. The lowest BCUT2D eigenvalue weighted by molar-refractivity contribution is 0.0956. The predicted octanol–water partition coefficient (Wildman–Crippen LogP) is 3.06. The first-order chi connectivity index (χ1) is 9.63. The van der Waals surface area contributed by atoms with Crippen LogP contribution in [0.25, 0.3) is 0 Å². The van der Waals surface area contributed by atoms with Crippen LogP contribution in [0.5, 0.6) is 0 Å². The normalized spacial score (nSPS) is 16.5. The third-order valence-electron chi connectivity index (χ3n) is 3.93. The van der Waals surface area contributed by atoms with Gasteiger partial charge in [0, 0.05) is 18.2 Å². The Morgan fingerprint density at radius 1 is 1.35 bits per heavy atom. The first-order valence-corrected chi connectivity index (χ1v) is 7.78. The smallest absolute Gasteiger partial charge is 0.251 e. The Morgan fingerprint density at radius 2 is 2.15 bits per heavy atom. The Hall–Kier alpha value is -1.35. The number of nitrogens with one attached hydrogen (secondary N) is 2. The average Bonchev–Trinajstić information content (AvgIpc) is 2.61. The fourth-order valence-corrected chi connectivity index (χ4v) is 2.83. The van der Waals surface area contributed by atoms with Gasteiger partial charge in [-0.05, 0) is 48.9 Å². The molecule has 1 aromatic rings. The van der Waals surface area contributed by atoms with Gasteiger partial charge in [0.1, 0.15) is 0 Å². The monoisotopic (exact) mass is 274 g/mol. The van der Waals surface area contributed by atoms with E-state index in [0.29, 0.717) is 12.0 Å². The third-order valence-corrected chi connectivity index (χ3v) is 3.93. The summed E-state index contributed by atoms with van der Waals surface area (Å²) < 4.78 is 0. The minimum absolute atomic E-state index is 0.0809. The van der Waals surface area contributed by atoms with Crippen molar-refractivity contribution < 1.29 is 4.79 Å². The zero-order valence-electron chi connectivity index (χ0n) is 12.8. The largest absolute Gasteiger partial charge is 0.352 e. The Bertz CT molecular complexity index is 468. The molecule has 110 valence electrons. The van der Waals surface area contributed by atoms with Crippen LogP contribution in [0.4, 0.5) is 0 Å². The third kappa shape index (κ3) is 3.40. The maximum Gasteiger partial charge on any atom is 0.251 e. The van der Waals surface area contributed by atoms with Crippen molar-refractivity contribution in [1.82, 2.24) is 10.6 Å². The van der Waals surface area contributed by atoms with Gasteiger partial charge in [0.25, 0.3) is 5.91 Å². The molecule has 1 amide bonds. The van der Waals surface area contributed by atoms with Crippen molar-refractivity contribution in [3.63, 3.8) is 0 Å². The van der Waals surface area contributed by atoms with Crippen LogP contribution in [0.15, 0.2) is 18.2 Å². The molecule has 0 spiro atoms. The maximum atomic E-state index is 12.1. The van der Waals surface area contributed by atoms with Gasteiger partial charge in [-0.25, -0.2) is 0 Å². The summed E-state index contributed by atoms with van der Waals surface area (Å²) in [7, 11) is 0. The van der Waals surface area contributed by atoms with Gasteiger partial charge >= 0.3 is 0 Å². The van der Waals surface area contributed by atoms with Crippen LogP contribution in [0.3, 0.4) is 0 Å². The Balaban J connectivity index is 2.30. The number of carbonyl (C=O) groups is 1. The molecule has 1 aliphatic heterocycles. The summed E-state index contributed by atoms with van der Waals surface area (Å²) in [5.74, 6) is 0.589. The zero-order chi connectivity index (χ0) is 14.5. The molecule has 0 radical (unpaired) electrons. The number of aryl methyl sites for hydroxylation is 1. The fraction of sp³-hybridized carbons (Fsp3) is 0.588. The highest BCUT2D eigenvalue weighted by Gasteiger charge is 2.20. The van der Waals surface area contributed by atoms with Gasteiger partial charge in [0.15, 0.2) is 0 Å². The molecule has 3 heteroatoms. The molecule has 0 fully saturated rings. The predicted molar refractivity (Wildman–Crippen MR) is 83.0 cm³/mol. The molecule has 1 aliphatic rings. The molecular weight excluding hydrogens is 248 g/mol. The van der Waals surface area contributed by atoms with Gasteiger partial charge in [-0.15, -0.1) is 0 Å². The molecule has 1 heterocycles. The van der Waals surface area contributed by atoms with Crippen molar-refractivity contribution in [3.8, 4) is 0 Å². The van der Waals surface area contributed by atoms with E-state index in [1.807, 2.05) is 0 Å². The van der Waals surface area contributed by atoms with Crippen LogP contribution in [-0.4, -0.2) is 19.0 Å². The Labute approximate surface area is 122 Å². The van der Waals surface area contributed by atoms with Crippen LogP contribution < -0.4 is 10.6 Å². The highest BCUT2D eigenvalue weighted by atomic mass is 16.1. The average molecular weight is 274 g/mol. The molecule has 0 bridgehead atoms. The van der Waals surface area contributed by atoms with E-state index in [1.165, 1.54) is 11.1 Å². The van der Waals surface area contributed by atoms with Crippen molar-refractivity contribution >= 4 is 5.91 Å². The van der Waals surface area contributed by atoms with E-state index in [4.69, 9.17) is 0 Å². The lowest BCUT2D eigenvalue weighted by Crippen LogP contribution is -2.27. The second-order valence-corrected chi connectivity index (χ2v) is 5.95. The highest BCUT2D eigenvalue weighted by Crippen LogP contribution is 2.25. The van der Waals surface area contributed by atoms with Crippen LogP contribution in [-0.2, 0) is 6.42 Å². The van der Waals surface area contributed by atoms with E-state index in [1.54, 1.807) is 0 Å². The van der Waals surface area contributed by atoms with Gasteiger partial charge < -0.3 is 10.6 Å². The van der Waals surface area contributed by atoms with E-state index >= 15 is 0 Å². The Kier molecular flexibility index (Phi) is 5.18. The first-order valence-electron chi connectivity index (χ1n) is 7.78. The molecule has 20 heavy (non-hydrogen) atoms. The molecule has 0 saturated heterocycles. The molecule has 2 rings (SSSR count). The first kappa shape index (κ1) is 15.0. The summed E-state index contributed by atoms with van der Waals surface area (Å²) in [6.07, 6.45) is 3.14. The van der Waals surface area contributed by atoms with Crippen LogP contribution in [0, 0.1) is 5.92 Å². The zero-order valence-corrected chi connectivity index (χ0v) is 12.8. The summed E-state index contributed by atoms with van der Waals surface area (Å²) in [5, 5.41) is 6.57. The molecule has 1 aromatic carbocycles. The van der Waals surface area contributed by atoms with E-state index in [2.05, 4.69) is 49.6 Å². The topological polar surface area (TPSA) is 41.1 Å². The van der Waals surface area contributed by atoms with Gasteiger partial charge in [0.2, 0.25) is 0 Å². The van der Waals surface area contributed by atoms with Crippen LogP contribution in [0.2, 0.25) is 0 Å². The molecule has 1 atom stereocenters. The number of fused-ring (bicyclic) bond motifs is 1. The fourth-order valence-electron chi connectivity index (χ4n) is 2.83. The van der Waals surface area contributed by atoms with Crippen molar-refractivity contribution in [2.45, 2.75) is 46.1 Å². The van der Waals surface area contributed by atoms with E-state index in [0.717, 1.165) is 37.9 Å². The summed E-state index contributed by atoms with van der Waals surface area (Å²) in [6.45, 7) is 8.41. The van der Waals surface area contributed by atoms with Gasteiger partial charge in [-0.2, -0.15) is 0 Å². The number of carbonyl (C=O) groups excluding carboxylic acids is 1. The SMILES string of the molecule is CCCNC(c1ccc2c(c1)C(=O)NCCC2)C(C)C. The second kappa shape index (κ2) is 6.89. The minimum atomic E-state index is 0.0809. The number of hydrogen-bond acceptors (Lipinski definition) is 2. The van der Waals surface area contributed by atoms with Gasteiger partial charge in [0.05, 0.1) is 0 Å². The highest BCUT2D eigenvalue weighted by molar-refractivity contribution is 5.96. The van der Waals surface area contributed by atoms with Gasteiger partial charge in [-0.1, -0.05) is 32.9 Å². The number of rotatable bonds is 5. The maximum absolute atomic E-state index is 12.1. The quantitative estimate of drug-likeness (QED) is 0.866. The second-order valence-electron chi connectivity index (χ2n) is 5.95. The van der Waals surface area contributed by atoms with Crippen molar-refractivity contribution in [2.75, 3.05) is 13.1 Å². The standard InChI is InChI=1S/C17H26N2O/c1-4-9-18-16(12(2)3)14-8-7-13-6-5-10-19-17(20)15(13)11-14/h7-8,11-12,16,18H,4-6,9-10H2,1-3H3,(H,19,20). The number of amides is 1. The van der Waals surface area contributed by atoms with Crippen molar-refractivity contribution in [2.24, 2.45) is 5.92 Å².